The van der Waals surface area contributed by atoms with Crippen LogP contribution in [-0.2, 0) is 20.9 Å². The molecule has 1 amide bonds. The fourth-order valence-corrected chi connectivity index (χ4v) is 2.19. The number of hydrogen-bond acceptors (Lipinski definition) is 4. The van der Waals surface area contributed by atoms with Crippen LogP contribution in [0, 0.1) is 6.42 Å². The molecule has 2 N–H and O–H groups in total. The first kappa shape index (κ1) is 17.5. The van der Waals surface area contributed by atoms with Crippen LogP contribution < -0.4 is 5.32 Å². The van der Waals surface area contributed by atoms with Crippen LogP contribution in [0.4, 0.5) is 4.79 Å². The minimum Gasteiger partial charge on any atom is -0.481 e. The Kier molecular flexibility index (Phi) is 6.31. The molecule has 0 aliphatic heterocycles. The molecule has 0 fully saturated rings. The molecule has 1 aliphatic carbocycles. The van der Waals surface area contributed by atoms with Gasteiger partial charge in [0.25, 0.3) is 0 Å². The van der Waals surface area contributed by atoms with Gasteiger partial charge in [0.05, 0.1) is 6.42 Å². The van der Waals surface area contributed by atoms with Crippen LogP contribution in [0.3, 0.4) is 0 Å². The zero-order valence-electron chi connectivity index (χ0n) is 13.0. The number of carbonyl (C=O) groups is 3. The van der Waals surface area contributed by atoms with Crippen LogP contribution in [0.1, 0.15) is 18.4 Å². The quantitative estimate of drug-likeness (QED) is 0.802. The normalized spacial score (nSPS) is 14.4. The predicted octanol–water partition coefficient (Wildman–Crippen LogP) is 2.42. The molecule has 1 radical (unpaired) electrons. The first-order valence-corrected chi connectivity index (χ1v) is 7.49. The topological polar surface area (TPSA) is 92.7 Å². The lowest BCUT2D eigenvalue weighted by atomic mass is 9.95. The molecule has 1 aromatic rings. The van der Waals surface area contributed by atoms with Crippen molar-refractivity contribution in [1.82, 2.24) is 5.32 Å². The van der Waals surface area contributed by atoms with Crippen molar-refractivity contribution < 1.29 is 24.2 Å². The van der Waals surface area contributed by atoms with Crippen molar-refractivity contribution in [1.29, 1.82) is 0 Å². The second kappa shape index (κ2) is 8.67. The molecule has 2 rings (SSSR count). The summed E-state index contributed by atoms with van der Waals surface area (Å²) in [6.07, 6.45) is 6.13. The van der Waals surface area contributed by atoms with Gasteiger partial charge in [0.15, 0.2) is 5.78 Å². The van der Waals surface area contributed by atoms with Crippen molar-refractivity contribution in [2.24, 2.45) is 0 Å². The highest BCUT2D eigenvalue weighted by Gasteiger charge is 2.27. The van der Waals surface area contributed by atoms with Crippen LogP contribution in [-0.4, -0.2) is 29.0 Å². The molecule has 125 valence electrons. The maximum Gasteiger partial charge on any atom is 0.408 e. The van der Waals surface area contributed by atoms with Gasteiger partial charge in [-0.1, -0.05) is 48.6 Å². The van der Waals surface area contributed by atoms with Crippen molar-refractivity contribution in [2.45, 2.75) is 25.5 Å². The maximum absolute atomic E-state index is 12.4. The highest BCUT2D eigenvalue weighted by molar-refractivity contribution is 6.04. The number of Topliss-reactive ketones (excluding diaryl/α,β-unsaturated/α-hetero) is 1. The highest BCUT2D eigenvalue weighted by Crippen LogP contribution is 2.15. The number of nitrogens with one attached hydrogen (secondary N) is 1. The molecule has 0 heterocycles. The van der Waals surface area contributed by atoms with E-state index < -0.39 is 30.3 Å². The number of ketones is 1. The van der Waals surface area contributed by atoms with Crippen LogP contribution in [0.5, 0.6) is 0 Å². The molecule has 0 saturated heterocycles. The molecule has 1 aliphatic rings. The Morgan fingerprint density at radius 2 is 1.96 bits per heavy atom. The zero-order valence-corrected chi connectivity index (χ0v) is 13.0. The summed E-state index contributed by atoms with van der Waals surface area (Å²) >= 11 is 0. The van der Waals surface area contributed by atoms with Crippen molar-refractivity contribution in [3.8, 4) is 0 Å². The van der Waals surface area contributed by atoms with Gasteiger partial charge in [-0.3, -0.25) is 9.59 Å². The summed E-state index contributed by atoms with van der Waals surface area (Å²) in [4.78, 5) is 35.2. The van der Waals surface area contributed by atoms with E-state index in [9.17, 15) is 14.4 Å². The molecule has 0 aromatic heterocycles. The second-order valence-electron chi connectivity index (χ2n) is 5.21. The second-order valence-corrected chi connectivity index (χ2v) is 5.21. The van der Waals surface area contributed by atoms with Gasteiger partial charge in [0.1, 0.15) is 12.6 Å². The third kappa shape index (κ3) is 5.39. The summed E-state index contributed by atoms with van der Waals surface area (Å²) in [5, 5.41) is 11.3. The Labute approximate surface area is 139 Å². The van der Waals surface area contributed by atoms with E-state index in [-0.39, 0.29) is 6.61 Å². The third-order valence-electron chi connectivity index (χ3n) is 3.37. The largest absolute Gasteiger partial charge is 0.481 e. The van der Waals surface area contributed by atoms with Crippen molar-refractivity contribution in [3.63, 3.8) is 0 Å². The van der Waals surface area contributed by atoms with E-state index in [1.54, 1.807) is 30.7 Å². The average molecular weight is 328 g/mol. The molecule has 0 saturated carbocycles. The van der Waals surface area contributed by atoms with Crippen LogP contribution in [0.25, 0.3) is 0 Å². The summed E-state index contributed by atoms with van der Waals surface area (Å²) in [6.45, 7) is 0.0399. The van der Waals surface area contributed by atoms with Gasteiger partial charge in [0.2, 0.25) is 0 Å². The van der Waals surface area contributed by atoms with Gasteiger partial charge < -0.3 is 15.2 Å². The Morgan fingerprint density at radius 1 is 1.21 bits per heavy atom. The van der Waals surface area contributed by atoms with Crippen LogP contribution in [0.2, 0.25) is 0 Å². The monoisotopic (exact) mass is 328 g/mol. The molecule has 6 heteroatoms. The molecule has 24 heavy (non-hydrogen) atoms. The van der Waals surface area contributed by atoms with Gasteiger partial charge in [0, 0.05) is 5.57 Å². The lowest BCUT2D eigenvalue weighted by molar-refractivity contribution is -0.139. The summed E-state index contributed by atoms with van der Waals surface area (Å²) in [5.41, 5.74) is 1.18. The summed E-state index contributed by atoms with van der Waals surface area (Å²) in [7, 11) is 0. The molecule has 0 unspecified atom stereocenters. The van der Waals surface area contributed by atoms with E-state index >= 15 is 0 Å². The summed E-state index contributed by atoms with van der Waals surface area (Å²) in [5.74, 6) is -1.62. The number of carboxylic acids is 1. The number of carbonyl (C=O) groups excluding carboxylic acids is 2. The Bertz CT molecular complexity index is 663. The maximum atomic E-state index is 12.4. The average Bonchev–Trinajstić information content (AvgIpc) is 2.60. The Morgan fingerprint density at radius 3 is 2.58 bits per heavy atom. The highest BCUT2D eigenvalue weighted by atomic mass is 16.5. The number of allylic oxidation sites excluding steroid dienone is 3. The molecule has 1 atom stereocenters. The molecule has 6 nitrogen and oxygen atoms in total. The first-order chi connectivity index (χ1) is 11.6. The lowest BCUT2D eigenvalue weighted by Gasteiger charge is -2.18. The van der Waals surface area contributed by atoms with E-state index in [1.807, 2.05) is 24.3 Å². The number of carboxylic acid groups (broad SMARTS) is 1. The van der Waals surface area contributed by atoms with E-state index in [2.05, 4.69) is 5.32 Å². The molecule has 0 spiro atoms. The zero-order chi connectivity index (χ0) is 17.4. The number of ether oxygens (including phenoxy) is 1. The van der Waals surface area contributed by atoms with Crippen LogP contribution in [0.15, 0.2) is 54.1 Å². The minimum absolute atomic E-state index is 0.0399. The fourth-order valence-electron chi connectivity index (χ4n) is 2.19. The third-order valence-corrected chi connectivity index (χ3v) is 3.37. The Balaban J connectivity index is 1.96. The standard InChI is InChI=1S/C18H18NO5/c20-16(21)11-15(17(22)14-9-5-2-6-10-14)19-18(23)24-12-13-7-3-1-4-8-13/h1-5,7-10,15H,6,11-12H2,(H,19,23)(H,20,21)/t15-/m0/s1. The number of hydrogen-bond donors (Lipinski definition) is 2. The van der Waals surface area contributed by atoms with Gasteiger partial charge in [-0.05, 0) is 18.4 Å². The summed E-state index contributed by atoms with van der Waals surface area (Å²) < 4.78 is 5.04. The Hall–Kier alpha value is -2.89. The van der Waals surface area contributed by atoms with E-state index in [4.69, 9.17) is 9.84 Å². The first-order valence-electron chi connectivity index (χ1n) is 7.49. The minimum atomic E-state index is -1.18. The van der Waals surface area contributed by atoms with E-state index in [0.29, 0.717) is 12.0 Å². The molecule has 1 aromatic carbocycles. The van der Waals surface area contributed by atoms with Gasteiger partial charge in [-0.15, -0.1) is 0 Å². The molecule has 0 bridgehead atoms. The van der Waals surface area contributed by atoms with Gasteiger partial charge in [-0.2, -0.15) is 0 Å². The van der Waals surface area contributed by atoms with Crippen molar-refractivity contribution in [2.75, 3.05) is 0 Å². The van der Waals surface area contributed by atoms with Gasteiger partial charge in [-0.25, -0.2) is 4.79 Å². The number of benzene rings is 1. The van der Waals surface area contributed by atoms with E-state index in [1.165, 1.54) is 0 Å². The van der Waals surface area contributed by atoms with Gasteiger partial charge >= 0.3 is 12.1 Å². The van der Waals surface area contributed by atoms with Crippen LogP contribution >= 0.6 is 0 Å². The fraction of sp³-hybridized carbons (Fsp3) is 0.222. The van der Waals surface area contributed by atoms with Crippen molar-refractivity contribution in [3.05, 3.63) is 66.1 Å². The summed E-state index contributed by atoms with van der Waals surface area (Å²) in [6, 6.07) is 7.88. The number of alkyl carbamates (subject to hydrolysis) is 1. The number of amides is 1. The molecular formula is C18H18NO5. The van der Waals surface area contributed by atoms with E-state index in [0.717, 1.165) is 5.56 Å². The van der Waals surface area contributed by atoms with Crippen molar-refractivity contribution >= 4 is 17.8 Å². The number of aliphatic carboxylic acids is 1. The predicted molar refractivity (Wildman–Crippen MR) is 87.0 cm³/mol. The lowest BCUT2D eigenvalue weighted by Crippen LogP contribution is -2.43. The smallest absolute Gasteiger partial charge is 0.408 e. The number of rotatable bonds is 7. The molecular weight excluding hydrogens is 310 g/mol. The SMILES string of the molecule is O=C(O)C[C@H](NC(=O)OCc1ccccc1)C(=O)C1=CC=CC[CH]1.